The first-order chi connectivity index (χ1) is 9.13. The van der Waals surface area contributed by atoms with Crippen LogP contribution in [0.15, 0.2) is 30.4 Å². The summed E-state index contributed by atoms with van der Waals surface area (Å²) in [7, 11) is 1.64. The van der Waals surface area contributed by atoms with Crippen molar-refractivity contribution >= 4 is 5.69 Å². The number of aromatic nitrogens is 1. The Kier molecular flexibility index (Phi) is 6.14. The summed E-state index contributed by atoms with van der Waals surface area (Å²) in [5.74, 6) is 0.405. The maximum Gasteiger partial charge on any atom is 0.274 e. The lowest BCUT2D eigenvalue weighted by atomic mass is 10.1. The van der Waals surface area contributed by atoms with Crippen molar-refractivity contribution in [2.75, 3.05) is 19.3 Å². The topological polar surface area (TPSA) is 106 Å². The van der Waals surface area contributed by atoms with Gasteiger partial charge in [0.25, 0.3) is 6.20 Å². The van der Waals surface area contributed by atoms with E-state index in [1.807, 2.05) is 12.1 Å². The van der Waals surface area contributed by atoms with Crippen LogP contribution in [0, 0.1) is 10.1 Å². The molecule has 0 aromatic carbocycles. The van der Waals surface area contributed by atoms with Crippen molar-refractivity contribution in [2.45, 2.75) is 19.3 Å². The van der Waals surface area contributed by atoms with Crippen LogP contribution in [0.5, 0.6) is 0 Å². The van der Waals surface area contributed by atoms with Gasteiger partial charge in [0, 0.05) is 19.8 Å². The molecule has 0 radical (unpaired) electrons. The van der Waals surface area contributed by atoms with Gasteiger partial charge in [-0.25, -0.2) is 0 Å². The summed E-state index contributed by atoms with van der Waals surface area (Å²) in [6, 6.07) is 3.64. The van der Waals surface area contributed by atoms with Gasteiger partial charge in [0.1, 0.15) is 0 Å². The van der Waals surface area contributed by atoms with E-state index in [0.29, 0.717) is 18.1 Å². The number of hydrogen-bond donors (Lipinski definition) is 3. The van der Waals surface area contributed by atoms with Crippen LogP contribution in [0.1, 0.15) is 18.5 Å². The van der Waals surface area contributed by atoms with Gasteiger partial charge in [-0.1, -0.05) is 0 Å². The van der Waals surface area contributed by atoms with Crippen molar-refractivity contribution in [1.82, 2.24) is 15.6 Å². The first kappa shape index (κ1) is 14.7. The molecule has 0 saturated heterocycles. The first-order valence-electron chi connectivity index (χ1n) is 6.09. The minimum Gasteiger partial charge on any atom is -0.397 e. The lowest BCUT2D eigenvalue weighted by Crippen LogP contribution is -2.25. The Hall–Kier alpha value is -2.31. The van der Waals surface area contributed by atoms with E-state index in [1.165, 1.54) is 0 Å². The molecule has 0 aliphatic carbocycles. The summed E-state index contributed by atoms with van der Waals surface area (Å²) in [5, 5.41) is 16.0. The van der Waals surface area contributed by atoms with Crippen LogP contribution in [0.2, 0.25) is 0 Å². The predicted molar refractivity (Wildman–Crippen MR) is 73.7 cm³/mol. The van der Waals surface area contributed by atoms with Crippen molar-refractivity contribution in [3.63, 3.8) is 0 Å². The molecule has 0 atom stereocenters. The highest BCUT2D eigenvalue weighted by molar-refractivity contribution is 5.41. The van der Waals surface area contributed by atoms with Gasteiger partial charge in [0.05, 0.1) is 16.3 Å². The lowest BCUT2D eigenvalue weighted by molar-refractivity contribution is -0.404. The van der Waals surface area contributed by atoms with Crippen molar-refractivity contribution in [1.29, 1.82) is 0 Å². The van der Waals surface area contributed by atoms with Crippen LogP contribution in [-0.4, -0.2) is 23.5 Å². The van der Waals surface area contributed by atoms with Crippen molar-refractivity contribution in [2.24, 2.45) is 0 Å². The number of unbranched alkanes of at least 4 members (excludes halogenated alkanes) is 1. The van der Waals surface area contributed by atoms with Crippen molar-refractivity contribution in [3.05, 3.63) is 46.2 Å². The van der Waals surface area contributed by atoms with Crippen LogP contribution in [0.3, 0.4) is 0 Å². The molecule has 0 aliphatic heterocycles. The Morgan fingerprint density at radius 1 is 1.58 bits per heavy atom. The monoisotopic (exact) mass is 265 g/mol. The number of nitrogens with zero attached hydrogens (tertiary/aromatic N) is 2. The molecule has 0 bridgehead atoms. The maximum atomic E-state index is 10.3. The second-order valence-electron chi connectivity index (χ2n) is 4.00. The van der Waals surface area contributed by atoms with Crippen LogP contribution in [0.25, 0.3) is 0 Å². The molecule has 0 spiro atoms. The van der Waals surface area contributed by atoms with Gasteiger partial charge in [-0.15, -0.1) is 0 Å². The van der Waals surface area contributed by atoms with Gasteiger partial charge in [0.15, 0.2) is 5.82 Å². The average molecular weight is 265 g/mol. The van der Waals surface area contributed by atoms with Gasteiger partial charge in [-0.05, 0) is 31.4 Å². The van der Waals surface area contributed by atoms with Crippen molar-refractivity contribution < 1.29 is 4.92 Å². The van der Waals surface area contributed by atoms with E-state index in [-0.39, 0.29) is 0 Å². The Balaban J connectivity index is 2.25. The third-order valence-corrected chi connectivity index (χ3v) is 2.59. The van der Waals surface area contributed by atoms with Crippen LogP contribution in [0.4, 0.5) is 5.69 Å². The third-order valence-electron chi connectivity index (χ3n) is 2.59. The standard InChI is InChI=1S/C12H19N5O2/c1-14-12(9-17(18)19)16-7-3-2-6-11-10(13)5-4-8-15-11/h4-5,8-9,14,16H,2-3,6-7,13H2,1H3/b12-9-. The van der Waals surface area contributed by atoms with Gasteiger partial charge < -0.3 is 16.4 Å². The number of rotatable bonds is 8. The quantitative estimate of drug-likeness (QED) is 0.366. The smallest absolute Gasteiger partial charge is 0.274 e. The highest BCUT2D eigenvalue weighted by Crippen LogP contribution is 2.10. The normalized spacial score (nSPS) is 11.1. The molecular weight excluding hydrogens is 246 g/mol. The summed E-state index contributed by atoms with van der Waals surface area (Å²) >= 11 is 0. The summed E-state index contributed by atoms with van der Waals surface area (Å²) < 4.78 is 0. The molecule has 4 N–H and O–H groups in total. The number of nitrogens with one attached hydrogen (secondary N) is 2. The van der Waals surface area contributed by atoms with E-state index < -0.39 is 4.92 Å². The average Bonchev–Trinajstić information content (AvgIpc) is 2.38. The number of nitrogen functional groups attached to an aromatic ring is 1. The second-order valence-corrected chi connectivity index (χ2v) is 4.00. The molecule has 7 nitrogen and oxygen atoms in total. The molecule has 19 heavy (non-hydrogen) atoms. The van der Waals surface area contributed by atoms with E-state index in [9.17, 15) is 10.1 Å². The Bertz CT molecular complexity index is 448. The number of nitro groups is 1. The summed E-state index contributed by atoms with van der Waals surface area (Å²) in [4.78, 5) is 14.0. The number of anilines is 1. The molecule has 0 unspecified atom stereocenters. The zero-order chi connectivity index (χ0) is 14.1. The molecule has 0 fully saturated rings. The highest BCUT2D eigenvalue weighted by Gasteiger charge is 2.01. The molecule has 1 heterocycles. The summed E-state index contributed by atoms with van der Waals surface area (Å²) in [5.41, 5.74) is 7.40. The van der Waals surface area contributed by atoms with Gasteiger partial charge in [0.2, 0.25) is 0 Å². The first-order valence-corrected chi connectivity index (χ1v) is 6.09. The van der Waals surface area contributed by atoms with Crippen LogP contribution < -0.4 is 16.4 Å². The largest absolute Gasteiger partial charge is 0.397 e. The Morgan fingerprint density at radius 3 is 3.00 bits per heavy atom. The van der Waals surface area contributed by atoms with Gasteiger partial charge >= 0.3 is 0 Å². The number of nitrogens with two attached hydrogens (primary N) is 1. The third kappa shape index (κ3) is 5.71. The molecule has 1 aromatic rings. The minimum atomic E-state index is -0.493. The maximum absolute atomic E-state index is 10.3. The Labute approximate surface area is 112 Å². The highest BCUT2D eigenvalue weighted by atomic mass is 16.6. The van der Waals surface area contributed by atoms with E-state index in [2.05, 4.69) is 15.6 Å². The zero-order valence-corrected chi connectivity index (χ0v) is 10.9. The predicted octanol–water partition coefficient (Wildman–Crippen LogP) is 0.871. The summed E-state index contributed by atoms with van der Waals surface area (Å²) in [6.45, 7) is 0.660. The SMILES string of the molecule is CN/C(=C/[N+](=O)[O-])NCCCCc1ncccc1N. The lowest BCUT2D eigenvalue weighted by Gasteiger charge is -2.08. The molecule has 0 aliphatic rings. The fourth-order valence-corrected chi connectivity index (χ4v) is 1.60. The molecule has 7 heteroatoms. The van der Waals surface area contributed by atoms with Crippen molar-refractivity contribution in [3.8, 4) is 0 Å². The fraction of sp³-hybridized carbons (Fsp3) is 0.417. The minimum absolute atomic E-state index is 0.405. The van der Waals surface area contributed by atoms with Gasteiger partial charge in [-0.2, -0.15) is 0 Å². The fourth-order valence-electron chi connectivity index (χ4n) is 1.60. The van der Waals surface area contributed by atoms with Crippen LogP contribution >= 0.6 is 0 Å². The van der Waals surface area contributed by atoms with Gasteiger partial charge in [-0.3, -0.25) is 15.1 Å². The number of pyridine rings is 1. The molecule has 1 aromatic heterocycles. The van der Waals surface area contributed by atoms with E-state index in [1.54, 1.807) is 13.2 Å². The number of hydrogen-bond acceptors (Lipinski definition) is 6. The van der Waals surface area contributed by atoms with E-state index >= 15 is 0 Å². The molecule has 0 amide bonds. The summed E-state index contributed by atoms with van der Waals surface area (Å²) in [6.07, 6.45) is 5.25. The van der Waals surface area contributed by atoms with E-state index in [0.717, 1.165) is 31.2 Å². The molecule has 104 valence electrons. The number of aryl methyl sites for hydroxylation is 1. The molecular formula is C12H19N5O2. The Morgan fingerprint density at radius 2 is 2.37 bits per heavy atom. The van der Waals surface area contributed by atoms with Crippen LogP contribution in [-0.2, 0) is 6.42 Å². The molecule has 1 rings (SSSR count). The zero-order valence-electron chi connectivity index (χ0n) is 10.9. The molecule has 0 saturated carbocycles. The van der Waals surface area contributed by atoms with E-state index in [4.69, 9.17) is 5.73 Å². The second kappa shape index (κ2) is 7.91.